The molecule has 1 amide bonds. The number of benzene rings is 2. The SMILES string of the molecule is Cc1noc(C)c1COc1ccc([N+](=O)[O-])cc1C(=O)Nc1ccccc1. The Bertz CT molecular complexity index is 963. The van der Waals surface area contributed by atoms with Crippen molar-refractivity contribution < 1.29 is 19.0 Å². The Morgan fingerprint density at radius 2 is 1.96 bits per heavy atom. The van der Waals surface area contributed by atoms with Gasteiger partial charge in [-0.3, -0.25) is 14.9 Å². The zero-order valence-corrected chi connectivity index (χ0v) is 14.8. The van der Waals surface area contributed by atoms with Gasteiger partial charge in [-0.25, -0.2) is 0 Å². The molecule has 1 N–H and O–H groups in total. The Morgan fingerprint density at radius 3 is 2.59 bits per heavy atom. The van der Waals surface area contributed by atoms with Gasteiger partial charge in [0.25, 0.3) is 11.6 Å². The number of carbonyl (C=O) groups is 1. The molecule has 0 aliphatic carbocycles. The number of carbonyl (C=O) groups excluding carboxylic acids is 1. The van der Waals surface area contributed by atoms with Gasteiger partial charge in [0, 0.05) is 17.8 Å². The second kappa shape index (κ2) is 7.69. The zero-order chi connectivity index (χ0) is 19.4. The fraction of sp³-hybridized carbons (Fsp3) is 0.158. The number of aryl methyl sites for hydroxylation is 2. The minimum Gasteiger partial charge on any atom is -0.488 e. The number of hydrogen-bond donors (Lipinski definition) is 1. The van der Waals surface area contributed by atoms with E-state index in [4.69, 9.17) is 9.26 Å². The molecular weight excluding hydrogens is 350 g/mol. The average Bonchev–Trinajstić information content (AvgIpc) is 2.98. The summed E-state index contributed by atoms with van der Waals surface area (Å²) in [7, 11) is 0. The first kappa shape index (κ1) is 18.1. The quantitative estimate of drug-likeness (QED) is 0.520. The number of nitrogens with zero attached hydrogens (tertiary/aromatic N) is 2. The van der Waals surface area contributed by atoms with Crippen LogP contribution in [0.5, 0.6) is 5.75 Å². The number of amides is 1. The number of anilines is 1. The van der Waals surface area contributed by atoms with E-state index in [2.05, 4.69) is 10.5 Å². The van der Waals surface area contributed by atoms with Gasteiger partial charge in [-0.05, 0) is 32.0 Å². The van der Waals surface area contributed by atoms with Crippen molar-refractivity contribution in [2.45, 2.75) is 20.5 Å². The number of hydrogen-bond acceptors (Lipinski definition) is 6. The van der Waals surface area contributed by atoms with Gasteiger partial charge in [-0.2, -0.15) is 0 Å². The summed E-state index contributed by atoms with van der Waals surface area (Å²) in [5.41, 5.74) is 1.90. The first-order chi connectivity index (χ1) is 13.0. The molecule has 27 heavy (non-hydrogen) atoms. The lowest BCUT2D eigenvalue weighted by Gasteiger charge is -2.12. The lowest BCUT2D eigenvalue weighted by atomic mass is 10.1. The van der Waals surface area contributed by atoms with Gasteiger partial charge in [-0.15, -0.1) is 0 Å². The smallest absolute Gasteiger partial charge is 0.270 e. The Hall–Kier alpha value is -3.68. The molecule has 2 aromatic carbocycles. The first-order valence-corrected chi connectivity index (χ1v) is 8.15. The van der Waals surface area contributed by atoms with Crippen LogP contribution in [-0.4, -0.2) is 16.0 Å². The molecule has 0 unspecified atom stereocenters. The largest absolute Gasteiger partial charge is 0.488 e. The van der Waals surface area contributed by atoms with Crippen LogP contribution in [0.15, 0.2) is 53.1 Å². The summed E-state index contributed by atoms with van der Waals surface area (Å²) in [6.45, 7) is 3.68. The highest BCUT2D eigenvalue weighted by Gasteiger charge is 2.19. The minimum atomic E-state index is -0.558. The van der Waals surface area contributed by atoms with Crippen molar-refractivity contribution in [3.05, 3.63) is 81.2 Å². The third-order valence-electron chi connectivity index (χ3n) is 4.00. The van der Waals surface area contributed by atoms with E-state index in [-0.39, 0.29) is 23.6 Å². The Kier molecular flexibility index (Phi) is 5.16. The van der Waals surface area contributed by atoms with Crippen LogP contribution in [0.2, 0.25) is 0 Å². The molecule has 3 rings (SSSR count). The van der Waals surface area contributed by atoms with Crippen LogP contribution in [0.25, 0.3) is 0 Å². The fourth-order valence-electron chi connectivity index (χ4n) is 2.51. The third kappa shape index (κ3) is 4.12. The maximum atomic E-state index is 12.7. The summed E-state index contributed by atoms with van der Waals surface area (Å²) >= 11 is 0. The maximum absolute atomic E-state index is 12.7. The fourth-order valence-corrected chi connectivity index (χ4v) is 2.51. The molecule has 0 radical (unpaired) electrons. The number of nitro benzene ring substituents is 1. The van der Waals surface area contributed by atoms with Crippen LogP contribution < -0.4 is 10.1 Å². The van der Waals surface area contributed by atoms with Gasteiger partial charge in [0.2, 0.25) is 0 Å². The van der Waals surface area contributed by atoms with Crippen LogP contribution in [0.1, 0.15) is 27.4 Å². The summed E-state index contributed by atoms with van der Waals surface area (Å²) in [4.78, 5) is 23.2. The molecule has 0 bridgehead atoms. The zero-order valence-electron chi connectivity index (χ0n) is 14.8. The number of rotatable bonds is 6. The summed E-state index contributed by atoms with van der Waals surface area (Å²) in [6.07, 6.45) is 0. The van der Waals surface area contributed by atoms with Crippen LogP contribution in [0.3, 0.4) is 0 Å². The number of para-hydroxylation sites is 1. The average molecular weight is 367 g/mol. The second-order valence-corrected chi connectivity index (χ2v) is 5.85. The highest BCUT2D eigenvalue weighted by molar-refractivity contribution is 6.06. The summed E-state index contributed by atoms with van der Waals surface area (Å²) in [6, 6.07) is 12.7. The molecule has 1 aromatic heterocycles. The van der Waals surface area contributed by atoms with E-state index < -0.39 is 10.8 Å². The number of non-ortho nitro benzene ring substituents is 1. The van der Waals surface area contributed by atoms with Crippen molar-refractivity contribution in [1.82, 2.24) is 5.16 Å². The van der Waals surface area contributed by atoms with Gasteiger partial charge in [0.1, 0.15) is 18.1 Å². The molecular formula is C19H17N3O5. The Balaban J connectivity index is 1.88. The number of ether oxygens (including phenoxy) is 1. The molecule has 0 spiro atoms. The topological polar surface area (TPSA) is 108 Å². The second-order valence-electron chi connectivity index (χ2n) is 5.85. The van der Waals surface area contributed by atoms with Crippen molar-refractivity contribution in [2.75, 3.05) is 5.32 Å². The van der Waals surface area contributed by atoms with Crippen molar-refractivity contribution in [1.29, 1.82) is 0 Å². The normalized spacial score (nSPS) is 10.4. The summed E-state index contributed by atoms with van der Waals surface area (Å²) in [5.74, 6) is 0.345. The molecule has 0 fully saturated rings. The molecule has 0 atom stereocenters. The molecule has 0 aliphatic heterocycles. The van der Waals surface area contributed by atoms with Crippen molar-refractivity contribution in [2.24, 2.45) is 0 Å². The molecule has 8 nitrogen and oxygen atoms in total. The molecule has 138 valence electrons. The minimum absolute atomic E-state index is 0.0693. The number of nitro groups is 1. The van der Waals surface area contributed by atoms with Gasteiger partial charge in [0.15, 0.2) is 0 Å². The van der Waals surface area contributed by atoms with E-state index in [9.17, 15) is 14.9 Å². The highest BCUT2D eigenvalue weighted by atomic mass is 16.6. The Morgan fingerprint density at radius 1 is 1.22 bits per heavy atom. The van der Waals surface area contributed by atoms with Gasteiger partial charge in [0.05, 0.1) is 21.7 Å². The Labute approximate surface area is 154 Å². The first-order valence-electron chi connectivity index (χ1n) is 8.15. The van der Waals surface area contributed by atoms with E-state index >= 15 is 0 Å². The lowest BCUT2D eigenvalue weighted by Crippen LogP contribution is -2.14. The van der Waals surface area contributed by atoms with Crippen molar-refractivity contribution >= 4 is 17.3 Å². The molecule has 1 heterocycles. The van der Waals surface area contributed by atoms with Gasteiger partial charge < -0.3 is 14.6 Å². The van der Waals surface area contributed by atoms with Crippen molar-refractivity contribution in [3.8, 4) is 5.75 Å². The van der Waals surface area contributed by atoms with Crippen LogP contribution in [0.4, 0.5) is 11.4 Å². The molecule has 0 aliphatic rings. The van der Waals surface area contributed by atoms with Crippen LogP contribution in [0, 0.1) is 24.0 Å². The third-order valence-corrected chi connectivity index (χ3v) is 4.00. The predicted molar refractivity (Wildman–Crippen MR) is 97.8 cm³/mol. The van der Waals surface area contributed by atoms with E-state index in [1.165, 1.54) is 18.2 Å². The molecule has 0 saturated carbocycles. The monoisotopic (exact) mass is 367 g/mol. The number of nitrogens with one attached hydrogen (secondary N) is 1. The maximum Gasteiger partial charge on any atom is 0.270 e. The molecule has 0 saturated heterocycles. The van der Waals surface area contributed by atoms with Crippen molar-refractivity contribution in [3.63, 3.8) is 0 Å². The van der Waals surface area contributed by atoms with E-state index in [1.807, 2.05) is 6.07 Å². The molecule has 3 aromatic rings. The predicted octanol–water partition coefficient (Wildman–Crippen LogP) is 4.03. The van der Waals surface area contributed by atoms with Crippen LogP contribution in [-0.2, 0) is 6.61 Å². The summed E-state index contributed by atoms with van der Waals surface area (Å²) < 4.78 is 10.8. The highest BCUT2D eigenvalue weighted by Crippen LogP contribution is 2.27. The number of aromatic nitrogens is 1. The van der Waals surface area contributed by atoms with E-state index in [1.54, 1.807) is 38.1 Å². The van der Waals surface area contributed by atoms with E-state index in [0.717, 1.165) is 5.56 Å². The van der Waals surface area contributed by atoms with Gasteiger partial charge in [-0.1, -0.05) is 23.4 Å². The summed E-state index contributed by atoms with van der Waals surface area (Å²) in [5, 5.41) is 17.7. The standard InChI is InChI=1S/C19H17N3O5/c1-12-17(13(2)27-21-12)11-26-18-9-8-15(22(24)25)10-16(18)19(23)20-14-6-4-3-5-7-14/h3-10H,11H2,1-2H3,(H,20,23). The molecule has 8 heteroatoms. The lowest BCUT2D eigenvalue weighted by molar-refractivity contribution is -0.384. The van der Waals surface area contributed by atoms with E-state index in [0.29, 0.717) is 17.1 Å². The van der Waals surface area contributed by atoms with Gasteiger partial charge >= 0.3 is 0 Å². The van der Waals surface area contributed by atoms with Crippen LogP contribution >= 0.6 is 0 Å².